The van der Waals surface area contributed by atoms with E-state index in [1.165, 1.54) is 12.1 Å². The highest BCUT2D eigenvalue weighted by Gasteiger charge is 2.08. The van der Waals surface area contributed by atoms with Crippen LogP contribution in [0.4, 0.5) is 0 Å². The number of hydrogen-bond acceptors (Lipinski definition) is 3. The van der Waals surface area contributed by atoms with Gasteiger partial charge in [-0.15, -0.1) is 0 Å². The molecular weight excluding hydrogens is 220 g/mol. The molecule has 1 rings (SSSR count). The maximum atomic E-state index is 11.1. The minimum atomic E-state index is -0.978. The number of carbonyl (C=O) groups is 2. The van der Waals surface area contributed by atoms with Crippen molar-refractivity contribution in [1.82, 2.24) is 0 Å². The van der Waals surface area contributed by atoms with Gasteiger partial charge in [-0.3, -0.25) is 0 Å². The van der Waals surface area contributed by atoms with Gasteiger partial charge in [-0.1, -0.05) is 12.1 Å². The van der Waals surface area contributed by atoms with Crippen molar-refractivity contribution in [2.24, 2.45) is 0 Å². The fourth-order valence-corrected chi connectivity index (χ4v) is 1.41. The van der Waals surface area contributed by atoms with E-state index in [4.69, 9.17) is 9.84 Å². The van der Waals surface area contributed by atoms with Gasteiger partial charge in [0.1, 0.15) is 0 Å². The van der Waals surface area contributed by atoms with Crippen molar-refractivity contribution >= 4 is 18.0 Å². The Morgan fingerprint density at radius 2 is 2.12 bits per heavy atom. The van der Waals surface area contributed by atoms with Crippen LogP contribution >= 0.6 is 0 Å². The fraction of sp³-hybridized carbons (Fsp3) is 0.231. The van der Waals surface area contributed by atoms with E-state index in [1.807, 2.05) is 0 Å². The summed E-state index contributed by atoms with van der Waals surface area (Å²) in [5, 5.41) is 8.94. The molecule has 1 aromatic carbocycles. The zero-order valence-corrected chi connectivity index (χ0v) is 9.77. The number of carbonyl (C=O) groups excluding carboxylic acids is 1. The molecule has 0 radical (unpaired) electrons. The standard InChI is InChI=1S/C13H14O4/c1-3-17-12(14)8-7-10-5-4-6-11(9(10)2)13(15)16/h4-8H,3H2,1-2H3,(H,15,16). The van der Waals surface area contributed by atoms with E-state index in [-0.39, 0.29) is 5.56 Å². The minimum absolute atomic E-state index is 0.232. The molecule has 90 valence electrons. The zero-order valence-electron chi connectivity index (χ0n) is 9.77. The molecule has 17 heavy (non-hydrogen) atoms. The molecule has 1 N–H and O–H groups in total. The second-order valence-electron chi connectivity index (χ2n) is 3.41. The van der Waals surface area contributed by atoms with Gasteiger partial charge in [-0.05, 0) is 37.1 Å². The maximum absolute atomic E-state index is 11.1. The minimum Gasteiger partial charge on any atom is -0.478 e. The second-order valence-corrected chi connectivity index (χ2v) is 3.41. The van der Waals surface area contributed by atoms with Gasteiger partial charge < -0.3 is 9.84 Å². The van der Waals surface area contributed by atoms with Crippen molar-refractivity contribution in [2.45, 2.75) is 13.8 Å². The first kappa shape index (κ1) is 13.0. The van der Waals surface area contributed by atoms with Crippen LogP contribution in [0.15, 0.2) is 24.3 Å². The lowest BCUT2D eigenvalue weighted by Gasteiger charge is -2.04. The Kier molecular flexibility index (Phi) is 4.46. The lowest BCUT2D eigenvalue weighted by Crippen LogP contribution is -2.01. The summed E-state index contributed by atoms with van der Waals surface area (Å²) in [5.41, 5.74) is 1.55. The number of aromatic carboxylic acids is 1. The van der Waals surface area contributed by atoms with Gasteiger partial charge in [0.2, 0.25) is 0 Å². The van der Waals surface area contributed by atoms with E-state index in [0.29, 0.717) is 17.7 Å². The number of carboxylic acid groups (broad SMARTS) is 1. The Bertz CT molecular complexity index is 460. The Labute approximate surface area is 99.5 Å². The van der Waals surface area contributed by atoms with Crippen LogP contribution in [0.25, 0.3) is 6.08 Å². The Morgan fingerprint density at radius 3 is 2.71 bits per heavy atom. The molecule has 0 aliphatic heterocycles. The van der Waals surface area contributed by atoms with E-state index in [1.54, 1.807) is 32.1 Å². The average molecular weight is 234 g/mol. The molecule has 0 saturated carbocycles. The van der Waals surface area contributed by atoms with Crippen molar-refractivity contribution in [3.8, 4) is 0 Å². The van der Waals surface area contributed by atoms with Gasteiger partial charge in [0.05, 0.1) is 12.2 Å². The molecule has 0 fully saturated rings. The molecule has 0 aliphatic carbocycles. The third kappa shape index (κ3) is 3.45. The van der Waals surface area contributed by atoms with Crippen LogP contribution in [0.2, 0.25) is 0 Å². The van der Waals surface area contributed by atoms with Crippen LogP contribution in [0, 0.1) is 6.92 Å². The van der Waals surface area contributed by atoms with Crippen LogP contribution in [-0.4, -0.2) is 23.7 Å². The van der Waals surface area contributed by atoms with E-state index < -0.39 is 11.9 Å². The second kappa shape index (κ2) is 5.84. The van der Waals surface area contributed by atoms with Gasteiger partial charge in [-0.2, -0.15) is 0 Å². The van der Waals surface area contributed by atoms with Crippen molar-refractivity contribution < 1.29 is 19.4 Å². The highest BCUT2D eigenvalue weighted by molar-refractivity contribution is 5.92. The number of benzene rings is 1. The molecule has 0 amide bonds. The number of esters is 1. The normalized spacial score (nSPS) is 10.5. The molecule has 0 saturated heterocycles. The van der Waals surface area contributed by atoms with E-state index in [2.05, 4.69) is 0 Å². The first-order chi connectivity index (χ1) is 8.06. The first-order valence-electron chi connectivity index (χ1n) is 5.24. The molecule has 0 aromatic heterocycles. The molecule has 0 spiro atoms. The smallest absolute Gasteiger partial charge is 0.335 e. The van der Waals surface area contributed by atoms with Gasteiger partial charge in [0.15, 0.2) is 0 Å². The van der Waals surface area contributed by atoms with Crippen LogP contribution in [0.1, 0.15) is 28.4 Å². The summed E-state index contributed by atoms with van der Waals surface area (Å²) in [6.45, 7) is 3.74. The number of carboxylic acids is 1. The lowest BCUT2D eigenvalue weighted by atomic mass is 10.0. The molecule has 0 bridgehead atoms. The molecule has 4 heteroatoms. The average Bonchev–Trinajstić information content (AvgIpc) is 2.27. The third-order valence-corrected chi connectivity index (χ3v) is 2.29. The maximum Gasteiger partial charge on any atom is 0.335 e. The number of hydrogen-bond donors (Lipinski definition) is 1. The van der Waals surface area contributed by atoms with Crippen LogP contribution < -0.4 is 0 Å². The van der Waals surface area contributed by atoms with Crippen molar-refractivity contribution in [3.05, 3.63) is 41.0 Å². The molecule has 1 aromatic rings. The predicted octanol–water partition coefficient (Wildman–Crippen LogP) is 2.27. The number of ether oxygens (including phenoxy) is 1. The van der Waals surface area contributed by atoms with E-state index >= 15 is 0 Å². The Hall–Kier alpha value is -2.10. The SMILES string of the molecule is CCOC(=O)C=Cc1cccc(C(=O)O)c1C. The van der Waals surface area contributed by atoms with Gasteiger partial charge >= 0.3 is 11.9 Å². The Morgan fingerprint density at radius 1 is 1.41 bits per heavy atom. The summed E-state index contributed by atoms with van der Waals surface area (Å²) >= 11 is 0. The first-order valence-corrected chi connectivity index (χ1v) is 5.24. The summed E-state index contributed by atoms with van der Waals surface area (Å²) in [7, 11) is 0. The summed E-state index contributed by atoms with van der Waals surface area (Å²) in [6, 6.07) is 4.91. The molecular formula is C13H14O4. The summed E-state index contributed by atoms with van der Waals surface area (Å²) in [5.74, 6) is -1.42. The van der Waals surface area contributed by atoms with Gasteiger partial charge in [0, 0.05) is 6.08 Å². The van der Waals surface area contributed by atoms with Crippen molar-refractivity contribution in [2.75, 3.05) is 6.61 Å². The molecule has 0 aliphatic rings. The van der Waals surface area contributed by atoms with Crippen molar-refractivity contribution in [1.29, 1.82) is 0 Å². The fourth-order valence-electron chi connectivity index (χ4n) is 1.41. The largest absolute Gasteiger partial charge is 0.478 e. The van der Waals surface area contributed by atoms with Crippen LogP contribution in [0.5, 0.6) is 0 Å². The molecule has 4 nitrogen and oxygen atoms in total. The van der Waals surface area contributed by atoms with Gasteiger partial charge in [0.25, 0.3) is 0 Å². The summed E-state index contributed by atoms with van der Waals surface area (Å²) < 4.78 is 4.74. The van der Waals surface area contributed by atoms with Crippen molar-refractivity contribution in [3.63, 3.8) is 0 Å². The quantitative estimate of drug-likeness (QED) is 0.641. The third-order valence-electron chi connectivity index (χ3n) is 2.29. The predicted molar refractivity (Wildman–Crippen MR) is 63.8 cm³/mol. The van der Waals surface area contributed by atoms with E-state index in [0.717, 1.165) is 0 Å². The molecule has 0 heterocycles. The monoisotopic (exact) mass is 234 g/mol. The summed E-state index contributed by atoms with van der Waals surface area (Å²) in [4.78, 5) is 22.0. The van der Waals surface area contributed by atoms with Crippen LogP contribution in [-0.2, 0) is 9.53 Å². The lowest BCUT2D eigenvalue weighted by molar-refractivity contribution is -0.137. The topological polar surface area (TPSA) is 63.6 Å². The van der Waals surface area contributed by atoms with Gasteiger partial charge in [-0.25, -0.2) is 9.59 Å². The molecule has 0 atom stereocenters. The highest BCUT2D eigenvalue weighted by Crippen LogP contribution is 2.15. The van der Waals surface area contributed by atoms with Crippen LogP contribution in [0.3, 0.4) is 0 Å². The Balaban J connectivity index is 2.96. The zero-order chi connectivity index (χ0) is 12.8. The van der Waals surface area contributed by atoms with E-state index in [9.17, 15) is 9.59 Å². The summed E-state index contributed by atoms with van der Waals surface area (Å²) in [6.07, 6.45) is 2.84. The highest BCUT2D eigenvalue weighted by atomic mass is 16.5. The number of rotatable bonds is 4. The molecule has 0 unspecified atom stereocenters.